The predicted octanol–water partition coefficient (Wildman–Crippen LogP) is 3.28. The summed E-state index contributed by atoms with van der Waals surface area (Å²) in [5.41, 5.74) is 17.9. The average Bonchev–Trinajstić information content (AvgIpc) is 3.42. The Bertz CT molecular complexity index is 1810. The summed E-state index contributed by atoms with van der Waals surface area (Å²) in [6.07, 6.45) is 6.76. The van der Waals surface area contributed by atoms with Gasteiger partial charge in [-0.05, 0) is 60.9 Å². The zero-order chi connectivity index (χ0) is 29.8. The van der Waals surface area contributed by atoms with E-state index in [-0.39, 0.29) is 5.82 Å². The second kappa shape index (κ2) is 12.1. The summed E-state index contributed by atoms with van der Waals surface area (Å²) in [5, 5.41) is 15.6. The fraction of sp³-hybridized carbons (Fsp3) is 0.226. The topological polar surface area (TPSA) is 173 Å². The first-order chi connectivity index (χ1) is 21.1. The third-order valence-corrected chi connectivity index (χ3v) is 7.59. The van der Waals surface area contributed by atoms with Crippen molar-refractivity contribution >= 4 is 28.5 Å². The molecule has 6 N–H and O–H groups in total. The third kappa shape index (κ3) is 5.79. The summed E-state index contributed by atoms with van der Waals surface area (Å²) in [4.78, 5) is 24.8. The molecule has 43 heavy (non-hydrogen) atoms. The number of nitrogen functional groups attached to an aromatic ring is 1. The Balaban J connectivity index is 1.23. The molecule has 0 spiro atoms. The van der Waals surface area contributed by atoms with Gasteiger partial charge in [-0.3, -0.25) is 9.47 Å². The maximum Gasteiger partial charge on any atom is 0.234 e. The van der Waals surface area contributed by atoms with Gasteiger partial charge in [-0.2, -0.15) is 5.26 Å². The number of fused-ring (bicyclic) bond motifs is 1. The first kappa shape index (κ1) is 27.6. The van der Waals surface area contributed by atoms with Gasteiger partial charge in [0.05, 0.1) is 17.0 Å². The lowest BCUT2D eigenvalue weighted by Gasteiger charge is -2.32. The summed E-state index contributed by atoms with van der Waals surface area (Å²) in [6, 6.07) is 20.2. The van der Waals surface area contributed by atoms with E-state index < -0.39 is 0 Å². The number of aromatic nitrogens is 6. The van der Waals surface area contributed by atoms with E-state index in [1.807, 2.05) is 41.9 Å². The van der Waals surface area contributed by atoms with Crippen molar-refractivity contribution in [2.75, 3.05) is 31.2 Å². The van der Waals surface area contributed by atoms with Crippen molar-refractivity contribution in [1.29, 1.82) is 5.26 Å². The molecule has 0 saturated carbocycles. The molecule has 6 rings (SSSR count). The highest BCUT2D eigenvalue weighted by Crippen LogP contribution is 2.31. The van der Waals surface area contributed by atoms with Gasteiger partial charge in [0.2, 0.25) is 5.82 Å². The normalized spacial score (nSPS) is 14.5. The van der Waals surface area contributed by atoms with Gasteiger partial charge in [-0.1, -0.05) is 12.1 Å². The standard InChI is InChI=1S/C31H32N12/c1-35-26(17-32)24-8-9-25-31(39-24)43(30(40-25)23-3-2-13-37-29(23)34)22-6-4-20(5-7-22)19-42-15-11-21(12-16-42)38-27-10-14-36-28(18-33)41-27/h2-10,13-14,17,21,35H,11-12,15-16,19,32H2,1H3,(H2,34,37)(H,36,38,41)/b26-17-. The smallest absolute Gasteiger partial charge is 0.234 e. The number of hydrogen-bond acceptors (Lipinski definition) is 11. The largest absolute Gasteiger partial charge is 0.403 e. The van der Waals surface area contributed by atoms with Crippen molar-refractivity contribution in [2.45, 2.75) is 25.4 Å². The lowest BCUT2D eigenvalue weighted by molar-refractivity contribution is 0.211. The van der Waals surface area contributed by atoms with E-state index in [0.29, 0.717) is 34.8 Å². The third-order valence-electron chi connectivity index (χ3n) is 7.59. The average molecular weight is 573 g/mol. The Kier molecular flexibility index (Phi) is 7.80. The molecule has 0 radical (unpaired) electrons. The van der Waals surface area contributed by atoms with Crippen molar-refractivity contribution in [3.63, 3.8) is 0 Å². The molecule has 5 heterocycles. The van der Waals surface area contributed by atoms with Crippen LogP contribution in [0.3, 0.4) is 0 Å². The fourth-order valence-corrected chi connectivity index (χ4v) is 5.38. The SMILES string of the molecule is CN/C(=C\N)c1ccc2nc(-c3cccnc3N)n(-c3ccc(CN4CCC(Nc5ccnc(C#N)n5)CC4)cc3)c2n1. The number of nitrogens with two attached hydrogens (primary N) is 2. The van der Waals surface area contributed by atoms with E-state index in [1.165, 1.54) is 11.8 Å². The van der Waals surface area contributed by atoms with E-state index in [4.69, 9.17) is 26.7 Å². The van der Waals surface area contributed by atoms with Gasteiger partial charge in [0.15, 0.2) is 11.5 Å². The zero-order valence-corrected chi connectivity index (χ0v) is 23.8. The molecule has 0 bridgehead atoms. The molecular weight excluding hydrogens is 540 g/mol. The fourth-order valence-electron chi connectivity index (χ4n) is 5.38. The van der Waals surface area contributed by atoms with Crippen LogP contribution in [0.25, 0.3) is 33.9 Å². The predicted molar refractivity (Wildman–Crippen MR) is 166 cm³/mol. The van der Waals surface area contributed by atoms with E-state index in [1.54, 1.807) is 18.5 Å². The Morgan fingerprint density at radius 3 is 2.56 bits per heavy atom. The van der Waals surface area contributed by atoms with Crippen LogP contribution in [0.2, 0.25) is 0 Å². The zero-order valence-electron chi connectivity index (χ0n) is 23.8. The van der Waals surface area contributed by atoms with Crippen molar-refractivity contribution in [3.05, 3.63) is 90.3 Å². The molecule has 12 heteroatoms. The van der Waals surface area contributed by atoms with Gasteiger partial charge in [-0.15, -0.1) is 0 Å². The number of hydrogen-bond donors (Lipinski definition) is 4. The van der Waals surface area contributed by atoms with Crippen LogP contribution in [-0.4, -0.2) is 60.6 Å². The quantitative estimate of drug-likeness (QED) is 0.215. The molecule has 1 aliphatic heterocycles. The lowest BCUT2D eigenvalue weighted by atomic mass is 10.0. The molecule has 0 unspecified atom stereocenters. The summed E-state index contributed by atoms with van der Waals surface area (Å²) in [7, 11) is 1.81. The number of benzene rings is 1. The Morgan fingerprint density at radius 1 is 1.02 bits per heavy atom. The number of rotatable bonds is 8. The number of likely N-dealkylation sites (tertiary alicyclic amines) is 1. The van der Waals surface area contributed by atoms with Gasteiger partial charge in [0, 0.05) is 57.0 Å². The number of pyridine rings is 2. The highest BCUT2D eigenvalue weighted by Gasteiger charge is 2.21. The van der Waals surface area contributed by atoms with Crippen LogP contribution in [0.4, 0.5) is 11.6 Å². The van der Waals surface area contributed by atoms with Crippen LogP contribution < -0.4 is 22.1 Å². The second-order valence-electron chi connectivity index (χ2n) is 10.3. The van der Waals surface area contributed by atoms with Crippen molar-refractivity contribution in [2.24, 2.45) is 5.73 Å². The van der Waals surface area contributed by atoms with Crippen LogP contribution in [0.1, 0.15) is 29.9 Å². The number of piperidine rings is 1. The van der Waals surface area contributed by atoms with Gasteiger partial charge in [-0.25, -0.2) is 24.9 Å². The monoisotopic (exact) mass is 572 g/mol. The molecule has 4 aromatic heterocycles. The number of anilines is 2. The van der Waals surface area contributed by atoms with Gasteiger partial charge in [0.1, 0.15) is 23.2 Å². The molecule has 0 amide bonds. The highest BCUT2D eigenvalue weighted by atomic mass is 15.2. The number of nitrogens with one attached hydrogen (secondary N) is 2. The molecule has 1 fully saturated rings. The molecule has 0 atom stereocenters. The first-order valence-electron chi connectivity index (χ1n) is 14.1. The lowest BCUT2D eigenvalue weighted by Crippen LogP contribution is -2.38. The molecule has 1 saturated heterocycles. The van der Waals surface area contributed by atoms with E-state index in [2.05, 4.69) is 54.8 Å². The van der Waals surface area contributed by atoms with Crippen LogP contribution in [0.15, 0.2) is 73.2 Å². The van der Waals surface area contributed by atoms with Crippen molar-refractivity contribution in [1.82, 2.24) is 39.7 Å². The molecule has 12 nitrogen and oxygen atoms in total. The molecule has 216 valence electrons. The minimum Gasteiger partial charge on any atom is -0.403 e. The van der Waals surface area contributed by atoms with Crippen molar-refractivity contribution < 1.29 is 0 Å². The second-order valence-corrected chi connectivity index (χ2v) is 10.3. The maximum atomic E-state index is 9.05. The van der Waals surface area contributed by atoms with E-state index in [9.17, 15) is 0 Å². The van der Waals surface area contributed by atoms with Crippen LogP contribution >= 0.6 is 0 Å². The van der Waals surface area contributed by atoms with Gasteiger partial charge >= 0.3 is 0 Å². The molecule has 0 aliphatic carbocycles. The van der Waals surface area contributed by atoms with Crippen molar-refractivity contribution in [3.8, 4) is 23.1 Å². The maximum absolute atomic E-state index is 9.05. The Hall–Kier alpha value is -5.54. The van der Waals surface area contributed by atoms with Gasteiger partial charge < -0.3 is 22.1 Å². The number of nitriles is 1. The van der Waals surface area contributed by atoms with Gasteiger partial charge in [0.25, 0.3) is 0 Å². The molecule has 1 aliphatic rings. The Labute approximate surface area is 249 Å². The van der Waals surface area contributed by atoms with E-state index >= 15 is 0 Å². The Morgan fingerprint density at radius 2 is 1.84 bits per heavy atom. The number of imidazole rings is 1. The minimum absolute atomic E-state index is 0.178. The number of nitrogens with zero attached hydrogens (tertiary/aromatic N) is 8. The van der Waals surface area contributed by atoms with Crippen LogP contribution in [0, 0.1) is 11.3 Å². The first-order valence-corrected chi connectivity index (χ1v) is 14.1. The van der Waals surface area contributed by atoms with Crippen LogP contribution in [0.5, 0.6) is 0 Å². The summed E-state index contributed by atoms with van der Waals surface area (Å²) < 4.78 is 2.02. The summed E-state index contributed by atoms with van der Waals surface area (Å²) >= 11 is 0. The summed E-state index contributed by atoms with van der Waals surface area (Å²) in [6.45, 7) is 2.77. The minimum atomic E-state index is 0.178. The summed E-state index contributed by atoms with van der Waals surface area (Å²) in [5.74, 6) is 1.94. The highest BCUT2D eigenvalue weighted by molar-refractivity contribution is 5.84. The molecule has 5 aromatic rings. The van der Waals surface area contributed by atoms with E-state index in [0.717, 1.165) is 54.9 Å². The van der Waals surface area contributed by atoms with Crippen LogP contribution in [-0.2, 0) is 6.54 Å². The molecular formula is C31H32N12. The molecule has 1 aromatic carbocycles.